The number of nitrogens with one attached hydrogen (secondary N) is 1. The third kappa shape index (κ3) is 6.82. The Morgan fingerprint density at radius 1 is 0.895 bits per heavy atom. The van der Waals surface area contributed by atoms with Gasteiger partial charge in [0.2, 0.25) is 0 Å². The highest BCUT2D eigenvalue weighted by molar-refractivity contribution is 6.35. The smallest absolute Gasteiger partial charge is 0.275 e. The predicted octanol–water partition coefficient (Wildman–Crippen LogP) is 7.06. The van der Waals surface area contributed by atoms with Gasteiger partial charge in [-0.15, -0.1) is 0 Å². The number of carbonyl (C=O) groups excluding carboxylic acids is 1. The topological polar surface area (TPSA) is 69.2 Å². The van der Waals surface area contributed by atoms with E-state index in [0.717, 1.165) is 5.56 Å². The van der Waals surface area contributed by atoms with Crippen molar-refractivity contribution in [2.45, 2.75) is 13.2 Å². The summed E-state index contributed by atoms with van der Waals surface area (Å²) in [4.78, 5) is 12.9. The fourth-order valence-corrected chi connectivity index (χ4v) is 3.97. The molecule has 0 aliphatic heterocycles. The van der Waals surface area contributed by atoms with Gasteiger partial charge in [0.15, 0.2) is 11.5 Å². The monoisotopic (exact) mass is 552 g/mol. The lowest BCUT2D eigenvalue weighted by Crippen LogP contribution is -2.18. The number of hydrazone groups is 1. The standard InChI is InChI=1S/C29H23Cl2FN2O4/c1-36-27-12-6-8-19(28(27)38-18-21-7-2-4-10-25(21)32)16-33-34-29(35)23-9-3-5-11-26(23)37-17-20-13-14-22(30)15-24(20)31/h2-16H,17-18H2,1H3,(H,34,35)/b33-16+. The average Bonchev–Trinajstić information content (AvgIpc) is 2.92. The highest BCUT2D eigenvalue weighted by atomic mass is 35.5. The lowest BCUT2D eigenvalue weighted by atomic mass is 10.2. The number of hydrogen-bond donors (Lipinski definition) is 1. The molecule has 0 heterocycles. The number of halogens is 3. The van der Waals surface area contributed by atoms with Gasteiger partial charge in [0.25, 0.3) is 5.91 Å². The molecule has 0 fully saturated rings. The molecule has 194 valence electrons. The quantitative estimate of drug-likeness (QED) is 0.169. The molecule has 0 spiro atoms. The lowest BCUT2D eigenvalue weighted by Gasteiger charge is -2.13. The zero-order valence-electron chi connectivity index (χ0n) is 20.3. The van der Waals surface area contributed by atoms with Crippen molar-refractivity contribution >= 4 is 35.3 Å². The number of hydrogen-bond acceptors (Lipinski definition) is 5. The predicted molar refractivity (Wildman–Crippen MR) is 146 cm³/mol. The Morgan fingerprint density at radius 3 is 2.42 bits per heavy atom. The minimum absolute atomic E-state index is 0.0113. The molecule has 9 heteroatoms. The van der Waals surface area contributed by atoms with Crippen LogP contribution < -0.4 is 19.6 Å². The van der Waals surface area contributed by atoms with E-state index in [0.29, 0.717) is 38.4 Å². The van der Waals surface area contributed by atoms with E-state index in [2.05, 4.69) is 10.5 Å². The van der Waals surface area contributed by atoms with E-state index in [9.17, 15) is 9.18 Å². The van der Waals surface area contributed by atoms with E-state index < -0.39 is 5.91 Å². The Bertz CT molecular complexity index is 1460. The van der Waals surface area contributed by atoms with Crippen LogP contribution in [0.1, 0.15) is 27.0 Å². The molecule has 0 bridgehead atoms. The first-order valence-corrected chi connectivity index (χ1v) is 12.2. The first kappa shape index (κ1) is 27.0. The van der Waals surface area contributed by atoms with Crippen molar-refractivity contribution in [2.75, 3.05) is 7.11 Å². The van der Waals surface area contributed by atoms with Gasteiger partial charge in [-0.25, -0.2) is 9.82 Å². The molecule has 6 nitrogen and oxygen atoms in total. The number of benzene rings is 4. The van der Waals surface area contributed by atoms with Crippen molar-refractivity contribution < 1.29 is 23.4 Å². The first-order chi connectivity index (χ1) is 18.5. The van der Waals surface area contributed by atoms with Crippen LogP contribution in [0.2, 0.25) is 10.0 Å². The van der Waals surface area contributed by atoms with Gasteiger partial charge in [-0.3, -0.25) is 4.79 Å². The Kier molecular flexibility index (Phi) is 9.19. The molecule has 0 saturated carbocycles. The summed E-state index contributed by atoms with van der Waals surface area (Å²) in [6.45, 7) is 0.138. The average molecular weight is 553 g/mol. The van der Waals surface area contributed by atoms with Crippen LogP contribution in [-0.4, -0.2) is 19.2 Å². The van der Waals surface area contributed by atoms with Gasteiger partial charge in [-0.05, 0) is 42.5 Å². The van der Waals surface area contributed by atoms with Gasteiger partial charge in [-0.1, -0.05) is 65.7 Å². The molecule has 4 aromatic carbocycles. The lowest BCUT2D eigenvalue weighted by molar-refractivity contribution is 0.0950. The molecule has 0 aliphatic carbocycles. The summed E-state index contributed by atoms with van der Waals surface area (Å²) in [5, 5.41) is 5.07. The van der Waals surface area contributed by atoms with Crippen LogP contribution in [0.4, 0.5) is 4.39 Å². The number of methoxy groups -OCH3 is 1. The Hall–Kier alpha value is -4.07. The van der Waals surface area contributed by atoms with E-state index in [4.69, 9.17) is 37.4 Å². The van der Waals surface area contributed by atoms with E-state index in [-0.39, 0.29) is 24.6 Å². The van der Waals surface area contributed by atoms with Crippen LogP contribution >= 0.6 is 23.2 Å². The van der Waals surface area contributed by atoms with Crippen LogP contribution in [0.5, 0.6) is 17.2 Å². The molecule has 0 unspecified atom stereocenters. The van der Waals surface area contributed by atoms with E-state index in [1.165, 1.54) is 19.4 Å². The normalized spacial score (nSPS) is 10.8. The molecule has 1 amide bonds. The summed E-state index contributed by atoms with van der Waals surface area (Å²) < 4.78 is 31.2. The largest absolute Gasteiger partial charge is 0.493 e. The maximum atomic E-state index is 14.0. The number of ether oxygens (including phenoxy) is 3. The van der Waals surface area contributed by atoms with Crippen molar-refractivity contribution in [2.24, 2.45) is 5.10 Å². The van der Waals surface area contributed by atoms with Gasteiger partial charge < -0.3 is 14.2 Å². The zero-order valence-corrected chi connectivity index (χ0v) is 21.8. The number of para-hydroxylation sites is 2. The molecular formula is C29H23Cl2FN2O4. The summed E-state index contributed by atoms with van der Waals surface area (Å²) in [5.41, 5.74) is 4.44. The molecule has 38 heavy (non-hydrogen) atoms. The highest BCUT2D eigenvalue weighted by Crippen LogP contribution is 2.31. The second kappa shape index (κ2) is 12.9. The molecule has 0 aromatic heterocycles. The molecule has 0 aliphatic rings. The van der Waals surface area contributed by atoms with Crippen molar-refractivity contribution in [3.8, 4) is 17.2 Å². The maximum Gasteiger partial charge on any atom is 0.275 e. The minimum Gasteiger partial charge on any atom is -0.493 e. The summed E-state index contributed by atoms with van der Waals surface area (Å²) in [5.74, 6) is 0.317. The molecule has 1 N–H and O–H groups in total. The number of nitrogens with zero attached hydrogens (tertiary/aromatic N) is 1. The van der Waals surface area contributed by atoms with Crippen molar-refractivity contribution in [3.63, 3.8) is 0 Å². The summed E-state index contributed by atoms with van der Waals surface area (Å²) >= 11 is 12.2. The number of amides is 1. The molecular weight excluding hydrogens is 530 g/mol. The van der Waals surface area contributed by atoms with E-state index in [1.54, 1.807) is 78.9 Å². The van der Waals surface area contributed by atoms with Gasteiger partial charge in [0.1, 0.15) is 24.8 Å². The number of carbonyl (C=O) groups is 1. The second-order valence-corrected chi connectivity index (χ2v) is 8.82. The molecule has 0 atom stereocenters. The van der Waals surface area contributed by atoms with Crippen molar-refractivity contribution in [3.05, 3.63) is 123 Å². The fourth-order valence-electron chi connectivity index (χ4n) is 3.51. The van der Waals surface area contributed by atoms with Crippen LogP contribution in [-0.2, 0) is 13.2 Å². The fraction of sp³-hybridized carbons (Fsp3) is 0.103. The third-order valence-electron chi connectivity index (χ3n) is 5.46. The third-order valence-corrected chi connectivity index (χ3v) is 6.05. The summed E-state index contributed by atoms with van der Waals surface area (Å²) in [6.07, 6.45) is 1.42. The highest BCUT2D eigenvalue weighted by Gasteiger charge is 2.14. The van der Waals surface area contributed by atoms with Gasteiger partial charge in [-0.2, -0.15) is 5.10 Å². The molecule has 4 rings (SSSR count). The van der Waals surface area contributed by atoms with Gasteiger partial charge in [0, 0.05) is 26.7 Å². The number of rotatable bonds is 10. The SMILES string of the molecule is COc1cccc(/C=N/NC(=O)c2ccccc2OCc2ccc(Cl)cc2Cl)c1OCc1ccccc1F. The second-order valence-electron chi connectivity index (χ2n) is 7.98. The summed E-state index contributed by atoms with van der Waals surface area (Å²) in [7, 11) is 1.50. The van der Waals surface area contributed by atoms with E-state index in [1.807, 2.05) is 0 Å². The Morgan fingerprint density at radius 2 is 1.63 bits per heavy atom. The van der Waals surface area contributed by atoms with E-state index >= 15 is 0 Å². The van der Waals surface area contributed by atoms with Crippen LogP contribution in [0, 0.1) is 5.82 Å². The first-order valence-electron chi connectivity index (χ1n) is 11.5. The molecule has 0 radical (unpaired) electrons. The van der Waals surface area contributed by atoms with Gasteiger partial charge >= 0.3 is 0 Å². The molecule has 4 aromatic rings. The van der Waals surface area contributed by atoms with Crippen LogP contribution in [0.3, 0.4) is 0 Å². The van der Waals surface area contributed by atoms with Crippen LogP contribution in [0.25, 0.3) is 0 Å². The summed E-state index contributed by atoms with van der Waals surface area (Å²) in [6, 6.07) is 23.4. The molecule has 0 saturated heterocycles. The Balaban J connectivity index is 1.46. The van der Waals surface area contributed by atoms with Crippen molar-refractivity contribution in [1.82, 2.24) is 5.43 Å². The minimum atomic E-state index is -0.476. The van der Waals surface area contributed by atoms with Crippen LogP contribution in [0.15, 0.2) is 90.0 Å². The maximum absolute atomic E-state index is 14.0. The zero-order chi connectivity index (χ0) is 26.9. The van der Waals surface area contributed by atoms with Crippen molar-refractivity contribution in [1.29, 1.82) is 0 Å². The van der Waals surface area contributed by atoms with Gasteiger partial charge in [0.05, 0.1) is 18.9 Å². The Labute approximate surface area is 229 Å².